The highest BCUT2D eigenvalue weighted by Crippen LogP contribution is 2.22. The molecule has 4 rings (SSSR count). The third-order valence-electron chi connectivity index (χ3n) is 4.45. The topological polar surface area (TPSA) is 64.7 Å². The van der Waals surface area contributed by atoms with Crippen LogP contribution in [0.5, 0.6) is 0 Å². The highest BCUT2D eigenvalue weighted by Gasteiger charge is 2.14. The van der Waals surface area contributed by atoms with Crippen LogP contribution in [-0.2, 0) is 18.3 Å². The first-order chi connectivity index (χ1) is 12.6. The highest BCUT2D eigenvalue weighted by molar-refractivity contribution is 5.97. The van der Waals surface area contributed by atoms with Gasteiger partial charge in [0, 0.05) is 42.7 Å². The molecule has 0 bridgehead atoms. The molecule has 0 aliphatic carbocycles. The number of hydrogen-bond donors (Lipinski definition) is 1. The second kappa shape index (κ2) is 6.48. The molecule has 0 atom stereocenters. The molecule has 26 heavy (non-hydrogen) atoms. The van der Waals surface area contributed by atoms with Crippen LogP contribution in [0.3, 0.4) is 0 Å². The first-order valence-electron chi connectivity index (χ1n) is 8.41. The number of fused-ring (bicyclic) bond motifs is 1. The quantitative estimate of drug-likeness (QED) is 0.617. The summed E-state index contributed by atoms with van der Waals surface area (Å²) < 4.78 is 3.90. The van der Waals surface area contributed by atoms with E-state index in [1.807, 2.05) is 65.8 Å². The van der Waals surface area contributed by atoms with Crippen molar-refractivity contribution in [3.63, 3.8) is 0 Å². The van der Waals surface area contributed by atoms with E-state index in [1.54, 1.807) is 12.4 Å². The molecule has 0 saturated carbocycles. The van der Waals surface area contributed by atoms with E-state index in [1.165, 1.54) is 0 Å². The van der Waals surface area contributed by atoms with Gasteiger partial charge in [0.05, 0.1) is 12.1 Å². The Morgan fingerprint density at radius 1 is 1.12 bits per heavy atom. The summed E-state index contributed by atoms with van der Waals surface area (Å²) in [5, 5.41) is 4.09. The van der Waals surface area contributed by atoms with E-state index in [-0.39, 0.29) is 5.91 Å². The monoisotopic (exact) mass is 345 g/mol. The van der Waals surface area contributed by atoms with Gasteiger partial charge in [0.1, 0.15) is 5.82 Å². The third kappa shape index (κ3) is 2.86. The summed E-state index contributed by atoms with van der Waals surface area (Å²) in [5.74, 6) is 1.40. The molecule has 3 aromatic heterocycles. The van der Waals surface area contributed by atoms with Crippen LogP contribution in [0.25, 0.3) is 16.7 Å². The number of aryl methyl sites for hydroxylation is 2. The number of aromatic nitrogens is 4. The fraction of sp³-hybridized carbons (Fsp3) is 0.150. The summed E-state index contributed by atoms with van der Waals surface area (Å²) in [5.41, 5.74) is 2.79. The van der Waals surface area contributed by atoms with Gasteiger partial charge in [-0.25, -0.2) is 9.97 Å². The molecular formula is C20H19N5O. The van der Waals surface area contributed by atoms with Crippen LogP contribution in [0.4, 0.5) is 5.69 Å². The van der Waals surface area contributed by atoms with Crippen LogP contribution >= 0.6 is 0 Å². The number of hydrogen-bond acceptors (Lipinski definition) is 3. The fourth-order valence-electron chi connectivity index (χ4n) is 3.22. The standard InChI is InChI=1S/C20H19N5O/c1-14-21-10-11-25(14)20-17(7-5-9-22-20)23-19(26)12-15-13-24(2)18-8-4-3-6-16(15)18/h3-11,13H,12H2,1-2H3,(H,23,26). The van der Waals surface area contributed by atoms with Gasteiger partial charge < -0.3 is 9.88 Å². The molecule has 0 radical (unpaired) electrons. The molecule has 3 heterocycles. The number of rotatable bonds is 4. The van der Waals surface area contributed by atoms with Crippen LogP contribution < -0.4 is 5.32 Å². The Hall–Kier alpha value is -3.41. The zero-order chi connectivity index (χ0) is 18.1. The zero-order valence-corrected chi connectivity index (χ0v) is 14.7. The average Bonchev–Trinajstić information content (AvgIpc) is 3.20. The molecule has 4 aromatic rings. The molecule has 0 aliphatic heterocycles. The summed E-state index contributed by atoms with van der Waals surface area (Å²) >= 11 is 0. The van der Waals surface area contributed by atoms with Crippen molar-refractivity contribution in [1.82, 2.24) is 19.1 Å². The Kier molecular flexibility index (Phi) is 4.01. The minimum Gasteiger partial charge on any atom is -0.350 e. The van der Waals surface area contributed by atoms with Crippen molar-refractivity contribution in [1.29, 1.82) is 0 Å². The summed E-state index contributed by atoms with van der Waals surface area (Å²) in [6, 6.07) is 11.7. The largest absolute Gasteiger partial charge is 0.350 e. The first kappa shape index (κ1) is 16.1. The van der Waals surface area contributed by atoms with Crippen molar-refractivity contribution >= 4 is 22.5 Å². The van der Waals surface area contributed by atoms with Gasteiger partial charge in [-0.15, -0.1) is 0 Å². The third-order valence-corrected chi connectivity index (χ3v) is 4.45. The van der Waals surface area contributed by atoms with Crippen molar-refractivity contribution in [2.24, 2.45) is 7.05 Å². The molecule has 1 amide bonds. The Morgan fingerprint density at radius 2 is 1.96 bits per heavy atom. The SMILES string of the molecule is Cc1nccn1-c1ncccc1NC(=O)Cc1cn(C)c2ccccc12. The number of pyridine rings is 1. The Labute approximate surface area is 151 Å². The van der Waals surface area contributed by atoms with E-state index in [2.05, 4.69) is 21.4 Å². The van der Waals surface area contributed by atoms with Crippen LogP contribution in [0.15, 0.2) is 61.2 Å². The minimum atomic E-state index is -0.0756. The average molecular weight is 345 g/mol. The van der Waals surface area contributed by atoms with Gasteiger partial charge in [-0.2, -0.15) is 0 Å². The van der Waals surface area contributed by atoms with Gasteiger partial charge in [-0.3, -0.25) is 9.36 Å². The van der Waals surface area contributed by atoms with E-state index < -0.39 is 0 Å². The molecule has 130 valence electrons. The highest BCUT2D eigenvalue weighted by atomic mass is 16.1. The summed E-state index contributed by atoms with van der Waals surface area (Å²) in [7, 11) is 1.99. The molecule has 0 aliphatic rings. The number of carbonyl (C=O) groups excluding carboxylic acids is 1. The van der Waals surface area contributed by atoms with E-state index in [0.717, 1.165) is 22.3 Å². The van der Waals surface area contributed by atoms with Crippen LogP contribution in [0.1, 0.15) is 11.4 Å². The number of anilines is 1. The number of imidazole rings is 1. The molecule has 0 spiro atoms. The van der Waals surface area contributed by atoms with Gasteiger partial charge in [0.2, 0.25) is 5.91 Å². The lowest BCUT2D eigenvalue weighted by Gasteiger charge is -2.11. The van der Waals surface area contributed by atoms with Crippen LogP contribution in [0.2, 0.25) is 0 Å². The van der Waals surface area contributed by atoms with E-state index >= 15 is 0 Å². The number of carbonyl (C=O) groups is 1. The Balaban J connectivity index is 1.60. The van der Waals surface area contributed by atoms with Gasteiger partial charge in [-0.05, 0) is 30.7 Å². The fourth-order valence-corrected chi connectivity index (χ4v) is 3.22. The molecule has 0 unspecified atom stereocenters. The lowest BCUT2D eigenvalue weighted by atomic mass is 10.1. The predicted molar refractivity (Wildman–Crippen MR) is 101 cm³/mol. The Bertz CT molecular complexity index is 1090. The summed E-state index contributed by atoms with van der Waals surface area (Å²) in [4.78, 5) is 21.3. The van der Waals surface area contributed by atoms with Crippen molar-refractivity contribution in [2.45, 2.75) is 13.3 Å². The maximum atomic E-state index is 12.7. The van der Waals surface area contributed by atoms with Crippen molar-refractivity contribution in [3.05, 3.63) is 72.6 Å². The lowest BCUT2D eigenvalue weighted by molar-refractivity contribution is -0.115. The van der Waals surface area contributed by atoms with Crippen molar-refractivity contribution in [3.8, 4) is 5.82 Å². The smallest absolute Gasteiger partial charge is 0.228 e. The zero-order valence-electron chi connectivity index (χ0n) is 14.7. The van der Waals surface area contributed by atoms with Crippen molar-refractivity contribution < 1.29 is 4.79 Å². The maximum Gasteiger partial charge on any atom is 0.228 e. The van der Waals surface area contributed by atoms with E-state index in [4.69, 9.17) is 0 Å². The number of benzene rings is 1. The van der Waals surface area contributed by atoms with Gasteiger partial charge in [0.25, 0.3) is 0 Å². The second-order valence-corrected chi connectivity index (χ2v) is 6.23. The van der Waals surface area contributed by atoms with E-state index in [9.17, 15) is 4.79 Å². The van der Waals surface area contributed by atoms with Crippen LogP contribution in [0, 0.1) is 6.92 Å². The number of amides is 1. The number of nitrogens with one attached hydrogen (secondary N) is 1. The maximum absolute atomic E-state index is 12.7. The molecule has 1 aromatic carbocycles. The van der Waals surface area contributed by atoms with Gasteiger partial charge >= 0.3 is 0 Å². The molecule has 6 heteroatoms. The molecular weight excluding hydrogens is 326 g/mol. The summed E-state index contributed by atoms with van der Waals surface area (Å²) in [6.07, 6.45) is 7.56. The molecule has 1 N–H and O–H groups in total. The second-order valence-electron chi connectivity index (χ2n) is 6.23. The van der Waals surface area contributed by atoms with Gasteiger partial charge in [-0.1, -0.05) is 18.2 Å². The number of nitrogens with zero attached hydrogens (tertiary/aromatic N) is 4. The molecule has 0 fully saturated rings. The predicted octanol–water partition coefficient (Wildman–Crippen LogP) is 3.25. The van der Waals surface area contributed by atoms with E-state index in [0.29, 0.717) is 17.9 Å². The Morgan fingerprint density at radius 3 is 2.77 bits per heavy atom. The number of para-hydroxylation sites is 1. The van der Waals surface area contributed by atoms with Gasteiger partial charge in [0.15, 0.2) is 5.82 Å². The van der Waals surface area contributed by atoms with Crippen LogP contribution in [-0.4, -0.2) is 25.0 Å². The molecule has 0 saturated heterocycles. The summed E-state index contributed by atoms with van der Waals surface area (Å²) in [6.45, 7) is 1.90. The molecule has 6 nitrogen and oxygen atoms in total. The normalized spacial score (nSPS) is 11.0. The van der Waals surface area contributed by atoms with Crippen molar-refractivity contribution in [2.75, 3.05) is 5.32 Å². The minimum absolute atomic E-state index is 0.0756. The first-order valence-corrected chi connectivity index (χ1v) is 8.41. The lowest BCUT2D eigenvalue weighted by Crippen LogP contribution is -2.16.